The Hall–Kier alpha value is -2.63. The largest absolute Gasteiger partial charge is 0.491 e. The molecule has 0 N–H and O–H groups in total. The summed E-state index contributed by atoms with van der Waals surface area (Å²) in [4.78, 5) is 13.4. The maximum absolute atomic E-state index is 13.4. The van der Waals surface area contributed by atoms with Gasteiger partial charge < -0.3 is 18.6 Å². The van der Waals surface area contributed by atoms with E-state index in [0.717, 1.165) is 22.3 Å². The lowest BCUT2D eigenvalue weighted by atomic mass is 9.72. The van der Waals surface area contributed by atoms with Crippen LogP contribution in [0.3, 0.4) is 0 Å². The fraction of sp³-hybridized carbons (Fsp3) is 0.375. The van der Waals surface area contributed by atoms with Crippen molar-refractivity contribution in [2.24, 2.45) is 0 Å². The van der Waals surface area contributed by atoms with E-state index in [4.69, 9.17) is 18.6 Å². The summed E-state index contributed by atoms with van der Waals surface area (Å²) in [6.45, 7) is 8.82. The van der Waals surface area contributed by atoms with Crippen molar-refractivity contribution in [2.45, 2.75) is 45.0 Å². The lowest BCUT2D eigenvalue weighted by Crippen LogP contribution is -2.29. The molecule has 1 aromatic heterocycles. The molecule has 2 heterocycles. The molecule has 0 radical (unpaired) electrons. The van der Waals surface area contributed by atoms with Gasteiger partial charge in [-0.2, -0.15) is 0 Å². The van der Waals surface area contributed by atoms with Crippen molar-refractivity contribution >= 4 is 16.8 Å². The van der Waals surface area contributed by atoms with E-state index in [1.165, 1.54) is 0 Å². The number of hydrogen-bond donors (Lipinski definition) is 0. The van der Waals surface area contributed by atoms with Gasteiger partial charge in [0.25, 0.3) is 0 Å². The molecule has 0 amide bonds. The molecular weight excluding hydrogens is 368 g/mol. The van der Waals surface area contributed by atoms with E-state index in [-0.39, 0.29) is 11.9 Å². The first kappa shape index (κ1) is 18.4. The van der Waals surface area contributed by atoms with Gasteiger partial charge >= 0.3 is 0 Å². The van der Waals surface area contributed by atoms with Gasteiger partial charge in [-0.1, -0.05) is 24.3 Å². The van der Waals surface area contributed by atoms with Crippen LogP contribution in [-0.2, 0) is 14.9 Å². The second kappa shape index (κ2) is 6.18. The first-order valence-corrected chi connectivity index (χ1v) is 9.92. The van der Waals surface area contributed by atoms with E-state index in [1.807, 2.05) is 56.3 Å². The van der Waals surface area contributed by atoms with E-state index in [0.29, 0.717) is 30.1 Å². The minimum absolute atomic E-state index is 0.0219. The second-order valence-corrected chi connectivity index (χ2v) is 8.73. The van der Waals surface area contributed by atoms with Crippen LogP contribution < -0.4 is 4.74 Å². The average molecular weight is 392 g/mol. The molecule has 1 unspecified atom stereocenters. The zero-order valence-electron chi connectivity index (χ0n) is 17.1. The monoisotopic (exact) mass is 392 g/mol. The predicted octanol–water partition coefficient (Wildman–Crippen LogP) is 4.83. The highest BCUT2D eigenvalue weighted by molar-refractivity contribution is 6.19. The minimum atomic E-state index is -0.581. The Morgan fingerprint density at radius 1 is 1.10 bits per heavy atom. The SMILES string of the molecule is CC1(C)OCC(COc2ccc3c(c2)C(=O)c2c(oc4ccccc24)C3(C)C)O1. The molecule has 1 fully saturated rings. The van der Waals surface area contributed by atoms with E-state index in [1.54, 1.807) is 0 Å². The molecule has 2 aromatic carbocycles. The van der Waals surface area contributed by atoms with E-state index >= 15 is 0 Å². The fourth-order valence-electron chi connectivity index (χ4n) is 4.35. The summed E-state index contributed by atoms with van der Waals surface area (Å²) in [6, 6.07) is 13.4. The van der Waals surface area contributed by atoms with Crippen LogP contribution in [0, 0.1) is 0 Å². The first-order chi connectivity index (χ1) is 13.8. The minimum Gasteiger partial charge on any atom is -0.491 e. The van der Waals surface area contributed by atoms with Gasteiger partial charge in [0.2, 0.25) is 0 Å². The Morgan fingerprint density at radius 2 is 1.90 bits per heavy atom. The number of benzene rings is 2. The van der Waals surface area contributed by atoms with Gasteiger partial charge in [-0.05, 0) is 51.5 Å². The third-order valence-electron chi connectivity index (χ3n) is 5.80. The lowest BCUT2D eigenvalue weighted by molar-refractivity contribution is -0.141. The highest BCUT2D eigenvalue weighted by Gasteiger charge is 2.41. The molecule has 0 bridgehead atoms. The Bertz CT molecular complexity index is 1120. The highest BCUT2D eigenvalue weighted by atomic mass is 16.7. The third kappa shape index (κ3) is 2.88. The van der Waals surface area contributed by atoms with Crippen molar-refractivity contribution in [1.29, 1.82) is 0 Å². The molecule has 1 atom stereocenters. The Kier molecular flexibility index (Phi) is 3.92. The van der Waals surface area contributed by atoms with Crippen LogP contribution in [0.25, 0.3) is 11.0 Å². The molecule has 2 aliphatic rings. The van der Waals surface area contributed by atoms with Crippen LogP contribution in [0.5, 0.6) is 5.75 Å². The van der Waals surface area contributed by atoms with Gasteiger partial charge in [0, 0.05) is 16.4 Å². The van der Waals surface area contributed by atoms with Crippen LogP contribution in [0.1, 0.15) is 54.9 Å². The van der Waals surface area contributed by atoms with Gasteiger partial charge in [-0.3, -0.25) is 4.79 Å². The van der Waals surface area contributed by atoms with Crippen LogP contribution in [0.2, 0.25) is 0 Å². The van der Waals surface area contributed by atoms with Gasteiger partial charge in [0.15, 0.2) is 11.6 Å². The van der Waals surface area contributed by atoms with Crippen LogP contribution in [0.4, 0.5) is 0 Å². The Labute approximate surface area is 169 Å². The van der Waals surface area contributed by atoms with Crippen LogP contribution in [0.15, 0.2) is 46.9 Å². The summed E-state index contributed by atoms with van der Waals surface area (Å²) in [5.74, 6) is 0.773. The zero-order chi connectivity index (χ0) is 20.4. The molecule has 1 aliphatic heterocycles. The quantitative estimate of drug-likeness (QED) is 0.639. The number of ether oxygens (including phenoxy) is 3. The number of fused-ring (bicyclic) bond motifs is 4. The van der Waals surface area contributed by atoms with Crippen LogP contribution >= 0.6 is 0 Å². The van der Waals surface area contributed by atoms with Gasteiger partial charge in [0.05, 0.1) is 12.2 Å². The van der Waals surface area contributed by atoms with Crippen molar-refractivity contribution in [2.75, 3.05) is 13.2 Å². The first-order valence-electron chi connectivity index (χ1n) is 9.92. The summed E-state index contributed by atoms with van der Waals surface area (Å²) in [7, 11) is 0. The average Bonchev–Trinajstić information content (AvgIpc) is 3.25. The smallest absolute Gasteiger partial charge is 0.197 e. The zero-order valence-corrected chi connectivity index (χ0v) is 17.1. The standard InChI is InChI=1S/C24H24O5/c1-23(2)18-10-9-14(26-12-15-13-27-24(3,4)29-15)11-17(18)21(25)20-16-7-5-6-8-19(16)28-22(20)23/h5-11,15H,12-13H2,1-4H3. The normalized spacial score (nSPS) is 21.8. The number of rotatable bonds is 3. The molecule has 3 aromatic rings. The van der Waals surface area contributed by atoms with Crippen molar-refractivity contribution in [3.8, 4) is 5.75 Å². The molecule has 5 heteroatoms. The second-order valence-electron chi connectivity index (χ2n) is 8.73. The molecule has 0 spiro atoms. The van der Waals surface area contributed by atoms with Crippen molar-refractivity contribution in [3.05, 3.63) is 64.9 Å². The van der Waals surface area contributed by atoms with E-state index in [2.05, 4.69) is 13.8 Å². The number of ketones is 1. The summed E-state index contributed by atoms with van der Waals surface area (Å²) >= 11 is 0. The predicted molar refractivity (Wildman–Crippen MR) is 109 cm³/mol. The Morgan fingerprint density at radius 3 is 2.66 bits per heavy atom. The molecule has 1 saturated heterocycles. The summed E-state index contributed by atoms with van der Waals surface area (Å²) in [6.07, 6.45) is -0.127. The maximum atomic E-state index is 13.4. The molecule has 0 saturated carbocycles. The highest BCUT2D eigenvalue weighted by Crippen LogP contribution is 2.46. The third-order valence-corrected chi connectivity index (χ3v) is 5.80. The van der Waals surface area contributed by atoms with Crippen molar-refractivity contribution in [1.82, 2.24) is 0 Å². The summed E-state index contributed by atoms with van der Waals surface area (Å²) in [5.41, 5.74) is 2.59. The number of hydrogen-bond acceptors (Lipinski definition) is 5. The van der Waals surface area contributed by atoms with Gasteiger partial charge in [0.1, 0.15) is 29.8 Å². The molecule has 5 rings (SSSR count). The number of carbonyl (C=O) groups is 1. The van der Waals surface area contributed by atoms with Crippen molar-refractivity contribution in [3.63, 3.8) is 0 Å². The lowest BCUT2D eigenvalue weighted by Gasteiger charge is -2.30. The molecule has 5 nitrogen and oxygen atoms in total. The number of furan rings is 1. The molecule has 150 valence electrons. The molecular formula is C24H24O5. The fourth-order valence-corrected chi connectivity index (χ4v) is 4.35. The maximum Gasteiger partial charge on any atom is 0.197 e. The molecule has 1 aliphatic carbocycles. The summed E-state index contributed by atoms with van der Waals surface area (Å²) in [5, 5.41) is 0.858. The topological polar surface area (TPSA) is 57.9 Å². The van der Waals surface area contributed by atoms with E-state index in [9.17, 15) is 4.79 Å². The van der Waals surface area contributed by atoms with Crippen molar-refractivity contribution < 1.29 is 23.4 Å². The summed E-state index contributed by atoms with van der Waals surface area (Å²) < 4.78 is 23.4. The van der Waals surface area contributed by atoms with Gasteiger partial charge in [-0.15, -0.1) is 0 Å². The Balaban J connectivity index is 1.49. The molecule has 29 heavy (non-hydrogen) atoms. The number of para-hydroxylation sites is 1. The van der Waals surface area contributed by atoms with Crippen LogP contribution in [-0.4, -0.2) is 30.9 Å². The van der Waals surface area contributed by atoms with E-state index < -0.39 is 11.2 Å². The number of carbonyl (C=O) groups excluding carboxylic acids is 1. The van der Waals surface area contributed by atoms with Gasteiger partial charge in [-0.25, -0.2) is 0 Å².